The minimum atomic E-state index is -4.91. The van der Waals surface area contributed by atoms with Crippen molar-refractivity contribution in [1.29, 1.82) is 0 Å². The van der Waals surface area contributed by atoms with Crippen LogP contribution in [0.3, 0.4) is 0 Å². The highest BCUT2D eigenvalue weighted by molar-refractivity contribution is 7.16. The van der Waals surface area contributed by atoms with Gasteiger partial charge in [0.1, 0.15) is 6.10 Å². The van der Waals surface area contributed by atoms with Crippen molar-refractivity contribution in [2.75, 3.05) is 18.9 Å². The van der Waals surface area contributed by atoms with Crippen molar-refractivity contribution in [3.63, 3.8) is 0 Å². The average Bonchev–Trinajstić information content (AvgIpc) is 3.53. The smallest absolute Gasteiger partial charge is 0.389 e. The van der Waals surface area contributed by atoms with Crippen LogP contribution in [0.25, 0.3) is 11.2 Å². The van der Waals surface area contributed by atoms with Crippen molar-refractivity contribution in [2.24, 2.45) is 17.3 Å². The molecule has 4 aliphatic rings. The minimum absolute atomic E-state index is 0.0539. The number of carbonyl (C=O) groups is 1. The van der Waals surface area contributed by atoms with Crippen molar-refractivity contribution in [2.45, 2.75) is 37.3 Å². The van der Waals surface area contributed by atoms with Crippen LogP contribution in [0, 0.1) is 29.1 Å². The molecule has 4 saturated carbocycles. The number of nitrogens with one attached hydrogen (secondary N) is 2. The van der Waals surface area contributed by atoms with Crippen molar-refractivity contribution in [1.82, 2.24) is 24.8 Å². The van der Waals surface area contributed by atoms with E-state index in [-0.39, 0.29) is 22.8 Å². The first kappa shape index (κ1) is 24.4. The lowest BCUT2D eigenvalue weighted by molar-refractivity contribution is -0.149. The number of fused-ring (bicyclic) bond motifs is 2. The van der Waals surface area contributed by atoms with Gasteiger partial charge in [0, 0.05) is 25.4 Å². The van der Waals surface area contributed by atoms with Gasteiger partial charge in [-0.05, 0) is 30.4 Å². The van der Waals surface area contributed by atoms with Gasteiger partial charge in [-0.25, -0.2) is 15.0 Å². The fraction of sp³-hybridized carbons (Fsp3) is 0.478. The van der Waals surface area contributed by atoms with E-state index in [4.69, 9.17) is 11.6 Å². The van der Waals surface area contributed by atoms with E-state index < -0.39 is 52.9 Å². The molecule has 3 aromatic heterocycles. The fourth-order valence-electron chi connectivity index (χ4n) is 6.20. The van der Waals surface area contributed by atoms with Crippen LogP contribution in [0.4, 0.5) is 19.0 Å². The van der Waals surface area contributed by atoms with Crippen molar-refractivity contribution >= 4 is 45.8 Å². The number of hydrogen-bond donors (Lipinski definition) is 4. The molecule has 0 radical (unpaired) electrons. The number of imidazole rings is 1. The SMILES string of the molecule is CCCNc1nc(C#Cc2ccc(Cl)s2)nc2c1nc(C(F)(F)F)n2C12C(O)C(O)C3(C(=O)NC)C1C32. The van der Waals surface area contributed by atoms with Crippen LogP contribution in [0.5, 0.6) is 0 Å². The van der Waals surface area contributed by atoms with Gasteiger partial charge in [-0.15, -0.1) is 11.3 Å². The van der Waals surface area contributed by atoms with E-state index in [1.807, 2.05) is 6.92 Å². The molecule has 4 unspecified atom stereocenters. The van der Waals surface area contributed by atoms with Gasteiger partial charge in [-0.3, -0.25) is 9.36 Å². The monoisotopic (exact) mass is 552 g/mol. The number of thiophene rings is 1. The largest absolute Gasteiger partial charge is 0.449 e. The van der Waals surface area contributed by atoms with Gasteiger partial charge < -0.3 is 20.8 Å². The molecule has 3 heterocycles. The van der Waals surface area contributed by atoms with E-state index >= 15 is 0 Å². The molecule has 9 nitrogen and oxygen atoms in total. The first-order valence-electron chi connectivity index (χ1n) is 11.5. The topological polar surface area (TPSA) is 125 Å². The maximum Gasteiger partial charge on any atom is 0.449 e. The van der Waals surface area contributed by atoms with Crippen LogP contribution in [0.2, 0.25) is 4.34 Å². The molecule has 4 aliphatic carbocycles. The number of nitrogens with zero attached hydrogens (tertiary/aromatic N) is 4. The second-order valence-corrected chi connectivity index (χ2v) is 11.1. The Hall–Kier alpha value is -2.92. The molecule has 194 valence electrons. The molecule has 1 amide bonds. The van der Waals surface area contributed by atoms with E-state index in [2.05, 4.69) is 37.4 Å². The maximum absolute atomic E-state index is 14.3. The summed E-state index contributed by atoms with van der Waals surface area (Å²) < 4.78 is 44.3. The van der Waals surface area contributed by atoms with Gasteiger partial charge in [-0.2, -0.15) is 13.2 Å². The van der Waals surface area contributed by atoms with Crippen LogP contribution < -0.4 is 10.6 Å². The Morgan fingerprint density at radius 1 is 1.22 bits per heavy atom. The summed E-state index contributed by atoms with van der Waals surface area (Å²) in [5.41, 5.74) is -3.20. The lowest BCUT2D eigenvalue weighted by Crippen LogP contribution is -2.41. The highest BCUT2D eigenvalue weighted by Gasteiger charge is 3.06. The highest BCUT2D eigenvalue weighted by atomic mass is 35.5. The van der Waals surface area contributed by atoms with Crippen LogP contribution in [0.1, 0.15) is 29.9 Å². The third-order valence-corrected chi connectivity index (χ3v) is 8.73. The molecule has 4 fully saturated rings. The summed E-state index contributed by atoms with van der Waals surface area (Å²) in [4.78, 5) is 25.7. The van der Waals surface area contributed by atoms with Gasteiger partial charge >= 0.3 is 6.18 Å². The normalized spacial score (nSPS) is 31.0. The summed E-state index contributed by atoms with van der Waals surface area (Å²) in [6, 6.07) is 3.37. The Morgan fingerprint density at radius 3 is 2.54 bits per heavy atom. The molecule has 0 saturated heterocycles. The molecular weight excluding hydrogens is 533 g/mol. The molecule has 37 heavy (non-hydrogen) atoms. The van der Waals surface area contributed by atoms with Gasteiger partial charge in [0.2, 0.25) is 17.6 Å². The predicted octanol–water partition coefficient (Wildman–Crippen LogP) is 2.20. The number of halogens is 4. The second-order valence-electron chi connectivity index (χ2n) is 9.36. The highest BCUT2D eigenvalue weighted by Crippen LogP contribution is 2.94. The van der Waals surface area contributed by atoms with Gasteiger partial charge in [0.25, 0.3) is 0 Å². The standard InChI is InChI=1S/C23H20ClF3N6O3S/c1-3-8-29-17-12-18(31-11(30-17)7-5-9-4-6-10(24)37-9)33(19(32-12)23(25,26)27)22-13-14(22)21(13,20(36)28-2)15(34)16(22)35/h4,6,13-16,34-35H,3,8H2,1-2H3,(H,28,36)(H,29,30,31). The number of aliphatic hydroxyl groups is 2. The van der Waals surface area contributed by atoms with E-state index in [0.29, 0.717) is 22.2 Å². The average molecular weight is 553 g/mol. The Kier molecular flexibility index (Phi) is 5.15. The third-order valence-electron chi connectivity index (χ3n) is 7.58. The van der Waals surface area contributed by atoms with Crippen LogP contribution >= 0.6 is 22.9 Å². The van der Waals surface area contributed by atoms with Gasteiger partial charge in [0.15, 0.2) is 17.0 Å². The van der Waals surface area contributed by atoms with Gasteiger partial charge in [0.05, 0.1) is 26.3 Å². The lowest BCUT2D eigenvalue weighted by atomic mass is 9.91. The van der Waals surface area contributed by atoms with E-state index in [1.54, 1.807) is 12.1 Å². The Bertz CT molecular complexity index is 1520. The molecule has 14 heteroatoms. The van der Waals surface area contributed by atoms with E-state index in [1.165, 1.54) is 18.4 Å². The number of rotatable bonds is 5. The predicted molar refractivity (Wildman–Crippen MR) is 128 cm³/mol. The number of amides is 1. The zero-order valence-corrected chi connectivity index (χ0v) is 21.0. The number of aliphatic hydroxyl groups excluding tert-OH is 2. The fourth-order valence-corrected chi connectivity index (χ4v) is 7.10. The first-order valence-corrected chi connectivity index (χ1v) is 12.7. The van der Waals surface area contributed by atoms with Gasteiger partial charge in [-0.1, -0.05) is 18.5 Å². The summed E-state index contributed by atoms with van der Waals surface area (Å²) in [7, 11) is 1.38. The molecule has 0 aromatic carbocycles. The summed E-state index contributed by atoms with van der Waals surface area (Å²) in [6.45, 7) is 2.29. The summed E-state index contributed by atoms with van der Waals surface area (Å²) in [5.74, 6) is 2.49. The summed E-state index contributed by atoms with van der Waals surface area (Å²) >= 11 is 7.18. The Labute approximate surface area is 217 Å². The molecular formula is C23H20ClF3N6O3S. The molecule has 3 aromatic rings. The summed E-state index contributed by atoms with van der Waals surface area (Å²) in [6.07, 6.45) is -7.39. The third kappa shape index (κ3) is 3.01. The zero-order valence-electron chi connectivity index (χ0n) is 19.4. The number of anilines is 1. The van der Waals surface area contributed by atoms with E-state index in [9.17, 15) is 28.2 Å². The lowest BCUT2D eigenvalue weighted by Gasteiger charge is -2.27. The van der Waals surface area contributed by atoms with Crippen molar-refractivity contribution in [3.8, 4) is 11.8 Å². The second kappa shape index (κ2) is 7.80. The minimum Gasteiger partial charge on any atom is -0.389 e. The van der Waals surface area contributed by atoms with Crippen molar-refractivity contribution in [3.05, 3.63) is 33.0 Å². The molecule has 0 spiro atoms. The molecule has 4 N–H and O–H groups in total. The van der Waals surface area contributed by atoms with Crippen LogP contribution in [-0.4, -0.2) is 61.4 Å². The quantitative estimate of drug-likeness (QED) is 0.358. The molecule has 7 rings (SSSR count). The number of carbonyl (C=O) groups excluding carboxylic acids is 1. The zero-order chi connectivity index (χ0) is 26.5. The maximum atomic E-state index is 14.3. The molecule has 4 atom stereocenters. The van der Waals surface area contributed by atoms with Crippen LogP contribution in [0.15, 0.2) is 12.1 Å². The number of aromatic nitrogens is 4. The Balaban J connectivity index is 1.56. The Morgan fingerprint density at radius 2 is 1.95 bits per heavy atom. The van der Waals surface area contributed by atoms with Crippen molar-refractivity contribution < 1.29 is 28.2 Å². The molecule has 0 aliphatic heterocycles. The first-order chi connectivity index (χ1) is 17.5. The number of alkyl halides is 3. The summed E-state index contributed by atoms with van der Waals surface area (Å²) in [5, 5.41) is 27.2. The molecule has 2 bridgehead atoms. The van der Waals surface area contributed by atoms with Crippen LogP contribution in [-0.2, 0) is 16.5 Å². The number of hydrogen-bond acceptors (Lipinski definition) is 8. The van der Waals surface area contributed by atoms with E-state index in [0.717, 1.165) is 4.57 Å².